The predicted molar refractivity (Wildman–Crippen MR) is 70.7 cm³/mol. The Morgan fingerprint density at radius 2 is 1.84 bits per heavy atom. The molecule has 0 spiro atoms. The van der Waals surface area contributed by atoms with Crippen LogP contribution in [0.5, 0.6) is 5.75 Å². The van der Waals surface area contributed by atoms with E-state index in [2.05, 4.69) is 4.72 Å². The molecule has 1 aromatic carbocycles. The Kier molecular flexibility index (Phi) is 5.30. The molecule has 0 aliphatic carbocycles. The van der Waals surface area contributed by atoms with E-state index in [4.69, 9.17) is 9.84 Å². The average Bonchev–Trinajstić information content (AvgIpc) is 2.34. The summed E-state index contributed by atoms with van der Waals surface area (Å²) in [5.74, 6) is 0.587. The van der Waals surface area contributed by atoms with Gasteiger partial charge in [0.1, 0.15) is 5.75 Å². The van der Waals surface area contributed by atoms with E-state index < -0.39 is 22.7 Å². The third-order valence-corrected chi connectivity index (χ3v) is 4.39. The Balaban J connectivity index is 3.08. The summed E-state index contributed by atoms with van der Waals surface area (Å²) in [6, 6.07) is 3.26. The van der Waals surface area contributed by atoms with Crippen molar-refractivity contribution in [3.8, 4) is 5.75 Å². The second-order valence-corrected chi connectivity index (χ2v) is 5.98. The summed E-state index contributed by atoms with van der Waals surface area (Å²) in [5, 5.41) is 17.9. The van der Waals surface area contributed by atoms with Crippen LogP contribution in [0.1, 0.15) is 11.1 Å². The predicted octanol–water partition coefficient (Wildman–Crippen LogP) is -0.0565. The number of hydrogen-bond donors (Lipinski definition) is 3. The van der Waals surface area contributed by atoms with Crippen molar-refractivity contribution >= 4 is 10.0 Å². The number of aliphatic hydroxyl groups is 2. The average molecular weight is 289 g/mol. The maximum atomic E-state index is 12.1. The largest absolute Gasteiger partial charge is 0.497 e. The van der Waals surface area contributed by atoms with Gasteiger partial charge in [0.05, 0.1) is 24.7 Å². The van der Waals surface area contributed by atoms with Crippen molar-refractivity contribution in [3.05, 3.63) is 23.3 Å². The van der Waals surface area contributed by atoms with E-state index in [-0.39, 0.29) is 11.4 Å². The number of methoxy groups -OCH3 is 1. The number of benzene rings is 1. The Morgan fingerprint density at radius 3 is 2.26 bits per heavy atom. The monoisotopic (exact) mass is 289 g/mol. The zero-order valence-corrected chi connectivity index (χ0v) is 12.0. The molecule has 0 fully saturated rings. The van der Waals surface area contributed by atoms with Gasteiger partial charge in [-0.3, -0.25) is 0 Å². The minimum absolute atomic E-state index is 0.165. The van der Waals surface area contributed by atoms with E-state index in [1.54, 1.807) is 26.0 Å². The highest BCUT2D eigenvalue weighted by Crippen LogP contribution is 2.25. The molecule has 0 bridgehead atoms. The maximum Gasteiger partial charge on any atom is 0.241 e. The van der Waals surface area contributed by atoms with Crippen molar-refractivity contribution in [1.82, 2.24) is 4.72 Å². The van der Waals surface area contributed by atoms with Crippen molar-refractivity contribution in [2.45, 2.75) is 24.8 Å². The SMILES string of the molecule is COc1cc(C)c(S(=O)(=O)NCC(O)CO)c(C)c1. The van der Waals surface area contributed by atoms with Gasteiger partial charge in [0.2, 0.25) is 10.0 Å². The van der Waals surface area contributed by atoms with E-state index in [0.29, 0.717) is 16.9 Å². The Bertz CT molecular complexity index is 518. The number of aliphatic hydroxyl groups excluding tert-OH is 2. The normalized spacial score (nSPS) is 13.3. The Morgan fingerprint density at radius 1 is 1.32 bits per heavy atom. The van der Waals surface area contributed by atoms with Gasteiger partial charge in [-0.1, -0.05) is 0 Å². The molecule has 108 valence electrons. The molecule has 1 unspecified atom stereocenters. The van der Waals surface area contributed by atoms with Crippen LogP contribution in [0.2, 0.25) is 0 Å². The standard InChI is InChI=1S/C12H19NO5S/c1-8-4-11(18-3)5-9(2)12(8)19(16,17)13-6-10(15)7-14/h4-5,10,13-15H,6-7H2,1-3H3. The van der Waals surface area contributed by atoms with Crippen LogP contribution in [-0.4, -0.2) is 45.0 Å². The molecule has 0 amide bonds. The minimum atomic E-state index is -3.73. The summed E-state index contributed by atoms with van der Waals surface area (Å²) in [6.45, 7) is 2.62. The zero-order chi connectivity index (χ0) is 14.6. The van der Waals surface area contributed by atoms with Crippen molar-refractivity contribution in [2.24, 2.45) is 0 Å². The van der Waals surface area contributed by atoms with Gasteiger partial charge in [0.25, 0.3) is 0 Å². The van der Waals surface area contributed by atoms with Crippen molar-refractivity contribution in [2.75, 3.05) is 20.3 Å². The highest BCUT2D eigenvalue weighted by Gasteiger charge is 2.21. The number of nitrogens with one attached hydrogen (secondary N) is 1. The van der Waals surface area contributed by atoms with Crippen molar-refractivity contribution in [3.63, 3.8) is 0 Å². The van der Waals surface area contributed by atoms with Crippen LogP contribution in [0, 0.1) is 13.8 Å². The van der Waals surface area contributed by atoms with E-state index in [9.17, 15) is 13.5 Å². The van der Waals surface area contributed by atoms with E-state index in [1.807, 2.05) is 0 Å². The van der Waals surface area contributed by atoms with Crippen molar-refractivity contribution in [1.29, 1.82) is 0 Å². The lowest BCUT2D eigenvalue weighted by Crippen LogP contribution is -2.34. The molecule has 0 saturated heterocycles. The zero-order valence-electron chi connectivity index (χ0n) is 11.2. The van der Waals surface area contributed by atoms with E-state index in [1.165, 1.54) is 7.11 Å². The lowest BCUT2D eigenvalue weighted by molar-refractivity contribution is 0.0988. The molecule has 1 rings (SSSR count). The topological polar surface area (TPSA) is 95.9 Å². The minimum Gasteiger partial charge on any atom is -0.497 e. The van der Waals surface area contributed by atoms with Gasteiger partial charge in [-0.25, -0.2) is 13.1 Å². The molecule has 1 atom stereocenters. The molecule has 0 saturated carbocycles. The van der Waals surface area contributed by atoms with Gasteiger partial charge in [0.15, 0.2) is 0 Å². The first kappa shape index (κ1) is 15.9. The lowest BCUT2D eigenvalue weighted by Gasteiger charge is -2.15. The van der Waals surface area contributed by atoms with Crippen LogP contribution in [0.3, 0.4) is 0 Å². The van der Waals surface area contributed by atoms with Crippen molar-refractivity contribution < 1.29 is 23.4 Å². The molecule has 1 aromatic rings. The lowest BCUT2D eigenvalue weighted by atomic mass is 10.1. The van der Waals surface area contributed by atoms with Gasteiger partial charge in [-0.15, -0.1) is 0 Å². The highest BCUT2D eigenvalue weighted by molar-refractivity contribution is 7.89. The first-order valence-electron chi connectivity index (χ1n) is 5.75. The number of ether oxygens (including phenoxy) is 1. The molecule has 7 heteroatoms. The molecule has 3 N–H and O–H groups in total. The summed E-state index contributed by atoms with van der Waals surface area (Å²) in [7, 11) is -2.22. The second-order valence-electron chi connectivity index (χ2n) is 4.28. The van der Waals surface area contributed by atoms with E-state index >= 15 is 0 Å². The quantitative estimate of drug-likeness (QED) is 0.682. The molecule has 0 aliphatic rings. The molecule has 19 heavy (non-hydrogen) atoms. The van der Waals surface area contributed by atoms with Crippen LogP contribution in [0.4, 0.5) is 0 Å². The summed E-state index contributed by atoms with van der Waals surface area (Å²) < 4.78 is 31.6. The van der Waals surface area contributed by atoms with Crippen LogP contribution in [0.15, 0.2) is 17.0 Å². The van der Waals surface area contributed by atoms with Gasteiger partial charge >= 0.3 is 0 Å². The molecule has 0 heterocycles. The number of hydrogen-bond acceptors (Lipinski definition) is 5. The van der Waals surface area contributed by atoms with E-state index in [0.717, 1.165) is 0 Å². The van der Waals surface area contributed by atoms with Crippen LogP contribution >= 0.6 is 0 Å². The fourth-order valence-electron chi connectivity index (χ4n) is 1.79. The molecular formula is C12H19NO5S. The molecule has 0 radical (unpaired) electrons. The van der Waals surface area contributed by atoms with Gasteiger partial charge in [-0.2, -0.15) is 0 Å². The first-order valence-corrected chi connectivity index (χ1v) is 7.24. The van der Waals surface area contributed by atoms with Crippen LogP contribution < -0.4 is 9.46 Å². The van der Waals surface area contributed by atoms with Crippen LogP contribution in [0.25, 0.3) is 0 Å². The summed E-state index contributed by atoms with van der Waals surface area (Å²) >= 11 is 0. The Labute approximate surface area is 113 Å². The Hall–Kier alpha value is -1.15. The molecule has 6 nitrogen and oxygen atoms in total. The van der Waals surface area contributed by atoms with Gasteiger partial charge in [0, 0.05) is 6.54 Å². The third kappa shape index (κ3) is 3.90. The summed E-state index contributed by atoms with van der Waals surface area (Å²) in [5.41, 5.74) is 1.12. The molecular weight excluding hydrogens is 270 g/mol. The highest BCUT2D eigenvalue weighted by atomic mass is 32.2. The van der Waals surface area contributed by atoms with Gasteiger partial charge < -0.3 is 14.9 Å². The molecule has 0 aromatic heterocycles. The fourth-order valence-corrected chi connectivity index (χ4v) is 3.32. The van der Waals surface area contributed by atoms with Crippen LogP contribution in [-0.2, 0) is 10.0 Å². The molecule has 0 aliphatic heterocycles. The first-order chi connectivity index (χ1) is 8.81. The third-order valence-electron chi connectivity index (χ3n) is 2.66. The number of aryl methyl sites for hydroxylation is 2. The number of sulfonamides is 1. The second kappa shape index (κ2) is 6.33. The smallest absolute Gasteiger partial charge is 0.241 e. The summed E-state index contributed by atoms with van der Waals surface area (Å²) in [6.07, 6.45) is -1.12. The van der Waals surface area contributed by atoms with Gasteiger partial charge in [-0.05, 0) is 37.1 Å². The maximum absolute atomic E-state index is 12.1. The fraction of sp³-hybridized carbons (Fsp3) is 0.500. The number of rotatable bonds is 6. The summed E-state index contributed by atoms with van der Waals surface area (Å²) in [4.78, 5) is 0.165.